The molecule has 0 saturated heterocycles. The molecule has 0 aliphatic rings. The summed E-state index contributed by atoms with van der Waals surface area (Å²) in [5, 5.41) is 0. The Bertz CT molecular complexity index is 724. The average molecular weight is 354 g/mol. The van der Waals surface area contributed by atoms with Gasteiger partial charge in [-0.25, -0.2) is 4.79 Å². The SMILES string of the molecule is COCCOC(=O)c1cccc(-c2ccc(OC(F)(F)F)cc2)c1C. The summed E-state index contributed by atoms with van der Waals surface area (Å²) in [7, 11) is 1.51. The summed E-state index contributed by atoms with van der Waals surface area (Å²) in [5.74, 6) is -0.780. The Kier molecular flexibility index (Phi) is 6.03. The van der Waals surface area contributed by atoms with E-state index in [2.05, 4.69) is 4.74 Å². The molecule has 134 valence electrons. The standard InChI is InChI=1S/C18H17F3O4/c1-12-15(4-3-5-16(12)17(22)24-11-10-23-2)13-6-8-14(9-7-13)25-18(19,20)21/h3-9H,10-11H2,1-2H3. The number of carbonyl (C=O) groups excluding carboxylic acids is 1. The molecule has 0 atom stereocenters. The minimum atomic E-state index is -4.73. The van der Waals surface area contributed by atoms with Gasteiger partial charge in [-0.3, -0.25) is 0 Å². The van der Waals surface area contributed by atoms with Gasteiger partial charge in [-0.15, -0.1) is 13.2 Å². The summed E-state index contributed by atoms with van der Waals surface area (Å²) in [6.45, 7) is 2.19. The lowest BCUT2D eigenvalue weighted by Crippen LogP contribution is -2.16. The number of carbonyl (C=O) groups is 1. The molecule has 0 aliphatic heterocycles. The minimum absolute atomic E-state index is 0.141. The maximum atomic E-state index is 12.2. The fourth-order valence-corrected chi connectivity index (χ4v) is 2.30. The molecule has 0 heterocycles. The predicted octanol–water partition coefficient (Wildman–Crippen LogP) is 4.36. The highest BCUT2D eigenvalue weighted by atomic mass is 19.4. The Morgan fingerprint density at radius 1 is 1.04 bits per heavy atom. The molecule has 7 heteroatoms. The van der Waals surface area contributed by atoms with E-state index in [0.717, 1.165) is 5.56 Å². The maximum Gasteiger partial charge on any atom is 0.573 e. The normalized spacial score (nSPS) is 11.2. The Morgan fingerprint density at radius 2 is 1.72 bits per heavy atom. The Balaban J connectivity index is 2.22. The lowest BCUT2D eigenvalue weighted by molar-refractivity contribution is -0.274. The van der Waals surface area contributed by atoms with Crippen molar-refractivity contribution in [1.82, 2.24) is 0 Å². The first-order valence-corrected chi connectivity index (χ1v) is 7.43. The first-order valence-electron chi connectivity index (χ1n) is 7.43. The van der Waals surface area contributed by atoms with Crippen molar-refractivity contribution in [1.29, 1.82) is 0 Å². The quantitative estimate of drug-likeness (QED) is 0.571. The lowest BCUT2D eigenvalue weighted by atomic mass is 9.96. The van der Waals surface area contributed by atoms with Gasteiger partial charge in [0, 0.05) is 7.11 Å². The summed E-state index contributed by atoms with van der Waals surface area (Å²) < 4.78 is 50.4. The molecule has 0 fully saturated rings. The molecule has 2 aromatic rings. The first-order chi connectivity index (χ1) is 11.8. The van der Waals surface area contributed by atoms with E-state index in [9.17, 15) is 18.0 Å². The third-order valence-corrected chi connectivity index (χ3v) is 3.47. The van der Waals surface area contributed by atoms with E-state index in [1.54, 1.807) is 25.1 Å². The van der Waals surface area contributed by atoms with Gasteiger partial charge >= 0.3 is 12.3 Å². The second-order valence-electron chi connectivity index (χ2n) is 5.18. The number of hydrogen-bond acceptors (Lipinski definition) is 4. The van der Waals surface area contributed by atoms with Crippen molar-refractivity contribution in [3.8, 4) is 16.9 Å². The zero-order valence-electron chi connectivity index (χ0n) is 13.7. The molecule has 2 rings (SSSR count). The molecule has 0 unspecified atom stereocenters. The van der Waals surface area contributed by atoms with E-state index in [1.165, 1.54) is 31.4 Å². The molecule has 0 aliphatic carbocycles. The van der Waals surface area contributed by atoms with Crippen molar-refractivity contribution < 1.29 is 32.2 Å². The molecule has 4 nitrogen and oxygen atoms in total. The highest BCUT2D eigenvalue weighted by Gasteiger charge is 2.31. The van der Waals surface area contributed by atoms with Gasteiger partial charge in [-0.1, -0.05) is 24.3 Å². The molecule has 0 spiro atoms. The van der Waals surface area contributed by atoms with Crippen molar-refractivity contribution in [2.45, 2.75) is 13.3 Å². The van der Waals surface area contributed by atoms with Crippen LogP contribution < -0.4 is 4.74 Å². The van der Waals surface area contributed by atoms with Gasteiger partial charge in [0.1, 0.15) is 12.4 Å². The van der Waals surface area contributed by atoms with E-state index >= 15 is 0 Å². The number of methoxy groups -OCH3 is 1. The number of hydrogen-bond donors (Lipinski definition) is 0. The molecule has 0 aromatic heterocycles. The molecule has 0 N–H and O–H groups in total. The van der Waals surface area contributed by atoms with Crippen LogP contribution in [0.1, 0.15) is 15.9 Å². The van der Waals surface area contributed by atoms with Crippen LogP contribution in [0.5, 0.6) is 5.75 Å². The minimum Gasteiger partial charge on any atom is -0.460 e. The Morgan fingerprint density at radius 3 is 2.32 bits per heavy atom. The van der Waals surface area contributed by atoms with Crippen LogP contribution in [0, 0.1) is 6.92 Å². The molecule has 0 amide bonds. The second-order valence-corrected chi connectivity index (χ2v) is 5.18. The molecule has 25 heavy (non-hydrogen) atoms. The van der Waals surface area contributed by atoms with E-state index in [1.807, 2.05) is 0 Å². The fourth-order valence-electron chi connectivity index (χ4n) is 2.30. The predicted molar refractivity (Wildman–Crippen MR) is 85.5 cm³/mol. The summed E-state index contributed by atoms with van der Waals surface area (Å²) in [6.07, 6.45) is -4.73. The summed E-state index contributed by atoms with van der Waals surface area (Å²) in [5.41, 5.74) is 2.46. The van der Waals surface area contributed by atoms with Crippen LogP contribution in [0.25, 0.3) is 11.1 Å². The van der Waals surface area contributed by atoms with Gasteiger partial charge in [-0.05, 0) is 41.8 Å². The lowest BCUT2D eigenvalue weighted by Gasteiger charge is -2.13. The molecule has 0 bridgehead atoms. The van der Waals surface area contributed by atoms with Gasteiger partial charge in [-0.2, -0.15) is 0 Å². The number of benzene rings is 2. The van der Waals surface area contributed by atoms with Crippen LogP contribution in [-0.2, 0) is 9.47 Å². The number of ether oxygens (including phenoxy) is 3. The van der Waals surface area contributed by atoms with Crippen LogP contribution in [-0.4, -0.2) is 32.7 Å². The van der Waals surface area contributed by atoms with Crippen LogP contribution in [0.3, 0.4) is 0 Å². The number of esters is 1. The van der Waals surface area contributed by atoms with Crippen molar-refractivity contribution in [2.75, 3.05) is 20.3 Å². The highest BCUT2D eigenvalue weighted by molar-refractivity contribution is 5.93. The molecule has 0 saturated carbocycles. The van der Waals surface area contributed by atoms with E-state index < -0.39 is 12.3 Å². The maximum absolute atomic E-state index is 12.2. The number of rotatable bonds is 6. The average Bonchev–Trinajstić information content (AvgIpc) is 2.54. The van der Waals surface area contributed by atoms with E-state index in [4.69, 9.17) is 9.47 Å². The molecular weight excluding hydrogens is 337 g/mol. The zero-order valence-corrected chi connectivity index (χ0v) is 13.7. The Labute approximate surface area is 143 Å². The number of halogens is 3. The van der Waals surface area contributed by atoms with Crippen LogP contribution in [0.15, 0.2) is 42.5 Å². The molecular formula is C18H17F3O4. The van der Waals surface area contributed by atoms with Gasteiger partial charge < -0.3 is 14.2 Å². The van der Waals surface area contributed by atoms with E-state index in [0.29, 0.717) is 23.3 Å². The van der Waals surface area contributed by atoms with Gasteiger partial charge in [0.25, 0.3) is 0 Å². The van der Waals surface area contributed by atoms with Crippen LogP contribution in [0.2, 0.25) is 0 Å². The third kappa shape index (κ3) is 5.22. The summed E-state index contributed by atoms with van der Waals surface area (Å²) in [6, 6.07) is 10.6. The van der Waals surface area contributed by atoms with Crippen molar-refractivity contribution >= 4 is 5.97 Å². The van der Waals surface area contributed by atoms with Gasteiger partial charge in [0.05, 0.1) is 12.2 Å². The first kappa shape index (κ1) is 18.8. The fraction of sp³-hybridized carbons (Fsp3) is 0.278. The molecule has 2 aromatic carbocycles. The summed E-state index contributed by atoms with van der Waals surface area (Å²) in [4.78, 5) is 12.1. The highest BCUT2D eigenvalue weighted by Crippen LogP contribution is 2.29. The van der Waals surface area contributed by atoms with Crippen molar-refractivity contribution in [2.24, 2.45) is 0 Å². The van der Waals surface area contributed by atoms with Crippen molar-refractivity contribution in [3.63, 3.8) is 0 Å². The van der Waals surface area contributed by atoms with Gasteiger partial charge in [0.15, 0.2) is 0 Å². The topological polar surface area (TPSA) is 44.8 Å². The largest absolute Gasteiger partial charge is 0.573 e. The molecule has 0 radical (unpaired) electrons. The smallest absolute Gasteiger partial charge is 0.460 e. The summed E-state index contributed by atoms with van der Waals surface area (Å²) >= 11 is 0. The van der Waals surface area contributed by atoms with Gasteiger partial charge in [0.2, 0.25) is 0 Å². The zero-order chi connectivity index (χ0) is 18.4. The second kappa shape index (κ2) is 8.02. The van der Waals surface area contributed by atoms with E-state index in [-0.39, 0.29) is 12.4 Å². The van der Waals surface area contributed by atoms with Crippen LogP contribution in [0.4, 0.5) is 13.2 Å². The van der Waals surface area contributed by atoms with Crippen LogP contribution >= 0.6 is 0 Å². The third-order valence-electron chi connectivity index (χ3n) is 3.47. The van der Waals surface area contributed by atoms with Crippen molar-refractivity contribution in [3.05, 3.63) is 53.6 Å². The number of alkyl halides is 3. The Hall–Kier alpha value is -2.54. The monoisotopic (exact) mass is 354 g/mol.